The van der Waals surface area contributed by atoms with Crippen molar-refractivity contribution in [2.24, 2.45) is 5.92 Å². The van der Waals surface area contributed by atoms with Crippen molar-refractivity contribution < 1.29 is 24.2 Å². The molecule has 0 unspecified atom stereocenters. The van der Waals surface area contributed by atoms with Crippen LogP contribution in [0, 0.1) is 5.92 Å². The molecule has 0 amide bonds. The number of nitrogens with zero attached hydrogens (tertiary/aromatic N) is 1. The van der Waals surface area contributed by atoms with Gasteiger partial charge in [0.15, 0.2) is 17.3 Å². The second-order valence-electron chi connectivity index (χ2n) is 6.53. The van der Waals surface area contributed by atoms with Crippen LogP contribution in [0.4, 0.5) is 0 Å². The summed E-state index contributed by atoms with van der Waals surface area (Å²) >= 11 is 0. The van der Waals surface area contributed by atoms with Crippen LogP contribution in [0.15, 0.2) is 18.3 Å². The lowest BCUT2D eigenvalue weighted by atomic mass is 10.0. The topological polar surface area (TPSA) is 85.7 Å². The second kappa shape index (κ2) is 10.6. The van der Waals surface area contributed by atoms with Gasteiger partial charge >= 0.3 is 5.97 Å². The molecule has 6 nitrogen and oxygen atoms in total. The van der Waals surface area contributed by atoms with Gasteiger partial charge < -0.3 is 14.6 Å². The van der Waals surface area contributed by atoms with Crippen molar-refractivity contribution in [2.75, 3.05) is 13.7 Å². The molecule has 6 heteroatoms. The maximum atomic E-state index is 12.1. The summed E-state index contributed by atoms with van der Waals surface area (Å²) in [5.41, 5.74) is 0.655. The Balaban J connectivity index is 1.84. The van der Waals surface area contributed by atoms with E-state index in [-0.39, 0.29) is 18.1 Å². The number of aromatic nitrogens is 1. The highest BCUT2D eigenvalue weighted by Crippen LogP contribution is 2.28. The van der Waals surface area contributed by atoms with Gasteiger partial charge in [-0.05, 0) is 44.3 Å². The number of hydrogen-bond donors (Lipinski definition) is 1. The monoisotopic (exact) mass is 361 g/mol. The van der Waals surface area contributed by atoms with Gasteiger partial charge in [0.2, 0.25) is 0 Å². The number of rotatable bonds is 11. The fraction of sp³-hybridized carbons (Fsp3) is 0.550. The molecule has 142 valence electrons. The lowest BCUT2D eigenvalue weighted by Crippen LogP contribution is -2.06. The number of carbonyl (C=O) groups is 2. The molecule has 26 heavy (non-hydrogen) atoms. The van der Waals surface area contributed by atoms with Crippen LogP contribution in [0.2, 0.25) is 0 Å². The van der Waals surface area contributed by atoms with E-state index in [1.165, 1.54) is 0 Å². The third-order valence-corrected chi connectivity index (χ3v) is 4.54. The number of carboxylic acids is 1. The van der Waals surface area contributed by atoms with E-state index in [0.717, 1.165) is 38.5 Å². The molecule has 2 rings (SSSR count). The summed E-state index contributed by atoms with van der Waals surface area (Å²) in [5, 5.41) is 8.60. The Morgan fingerprint density at radius 2 is 2.00 bits per heavy atom. The van der Waals surface area contributed by atoms with E-state index in [1.807, 2.05) is 0 Å². The number of carboxylic acid groups (broad SMARTS) is 1. The average molecular weight is 361 g/mol. The van der Waals surface area contributed by atoms with Gasteiger partial charge in [0, 0.05) is 18.4 Å². The lowest BCUT2D eigenvalue weighted by Gasteiger charge is -2.10. The average Bonchev–Trinajstić information content (AvgIpc) is 3.17. The summed E-state index contributed by atoms with van der Waals surface area (Å²) in [7, 11) is 1.56. The standard InChI is InChI=1S/C20H27NO5/c1-25-18-13-16(10-11-17(22)15-7-4-5-8-15)21-14-19(18)26-12-6-2-3-9-20(23)24/h10-11,13-15H,2-9,12H2,1H3,(H,23,24). The van der Waals surface area contributed by atoms with Crippen LogP contribution in [-0.2, 0) is 9.59 Å². The van der Waals surface area contributed by atoms with Crippen molar-refractivity contribution in [2.45, 2.75) is 51.4 Å². The Morgan fingerprint density at radius 3 is 2.69 bits per heavy atom. The van der Waals surface area contributed by atoms with E-state index in [9.17, 15) is 9.59 Å². The summed E-state index contributed by atoms with van der Waals surface area (Å²) in [4.78, 5) is 26.9. The first-order valence-electron chi connectivity index (χ1n) is 9.20. The molecule has 1 heterocycles. The number of methoxy groups -OCH3 is 1. The smallest absolute Gasteiger partial charge is 0.303 e. The molecule has 0 spiro atoms. The fourth-order valence-corrected chi connectivity index (χ4v) is 3.05. The Labute approximate surface area is 154 Å². The zero-order valence-corrected chi connectivity index (χ0v) is 15.3. The summed E-state index contributed by atoms with van der Waals surface area (Å²) < 4.78 is 11.0. The molecular weight excluding hydrogens is 334 g/mol. The Morgan fingerprint density at radius 1 is 1.23 bits per heavy atom. The van der Waals surface area contributed by atoms with Crippen molar-refractivity contribution in [3.05, 3.63) is 24.0 Å². The molecular formula is C20H27NO5. The third kappa shape index (κ3) is 6.50. The maximum Gasteiger partial charge on any atom is 0.303 e. The highest BCUT2D eigenvalue weighted by molar-refractivity contribution is 5.95. The first-order valence-corrected chi connectivity index (χ1v) is 9.20. The van der Waals surface area contributed by atoms with Gasteiger partial charge in [0.1, 0.15) is 0 Å². The summed E-state index contributed by atoms with van der Waals surface area (Å²) in [6.45, 7) is 0.479. The molecule has 1 fully saturated rings. The van der Waals surface area contributed by atoms with Gasteiger partial charge in [-0.2, -0.15) is 0 Å². The lowest BCUT2D eigenvalue weighted by molar-refractivity contribution is -0.137. The third-order valence-electron chi connectivity index (χ3n) is 4.54. The highest BCUT2D eigenvalue weighted by atomic mass is 16.5. The van der Waals surface area contributed by atoms with Crippen molar-refractivity contribution in [3.8, 4) is 11.5 Å². The van der Waals surface area contributed by atoms with E-state index < -0.39 is 5.97 Å². The second-order valence-corrected chi connectivity index (χ2v) is 6.53. The predicted molar refractivity (Wildman–Crippen MR) is 98.4 cm³/mol. The van der Waals surface area contributed by atoms with Crippen LogP contribution in [0.3, 0.4) is 0 Å². The Hall–Kier alpha value is -2.37. The number of pyridine rings is 1. The molecule has 0 radical (unpaired) electrons. The molecule has 1 aromatic heterocycles. The van der Waals surface area contributed by atoms with Gasteiger partial charge in [-0.1, -0.05) is 12.8 Å². The predicted octanol–water partition coefficient (Wildman–Crippen LogP) is 3.89. The highest BCUT2D eigenvalue weighted by Gasteiger charge is 2.20. The number of hydrogen-bond acceptors (Lipinski definition) is 5. The van der Waals surface area contributed by atoms with Crippen molar-refractivity contribution >= 4 is 17.8 Å². The van der Waals surface area contributed by atoms with E-state index >= 15 is 0 Å². The maximum absolute atomic E-state index is 12.1. The van der Waals surface area contributed by atoms with Crippen molar-refractivity contribution in [1.29, 1.82) is 0 Å². The molecule has 0 atom stereocenters. The molecule has 0 saturated heterocycles. The number of ether oxygens (including phenoxy) is 2. The zero-order chi connectivity index (χ0) is 18.8. The normalized spacial score (nSPS) is 14.7. The van der Waals surface area contributed by atoms with Crippen molar-refractivity contribution in [3.63, 3.8) is 0 Å². The molecule has 1 aromatic rings. The Bertz CT molecular complexity index is 635. The molecule has 0 aromatic carbocycles. The number of unbranched alkanes of at least 4 members (excludes halogenated alkanes) is 2. The summed E-state index contributed by atoms with van der Waals surface area (Å²) in [5.74, 6) is 0.678. The minimum Gasteiger partial charge on any atom is -0.493 e. The number of aliphatic carboxylic acids is 1. The van der Waals surface area contributed by atoms with Gasteiger partial charge in [0.05, 0.1) is 25.6 Å². The molecule has 1 saturated carbocycles. The summed E-state index contributed by atoms with van der Waals surface area (Å²) in [6, 6.07) is 1.75. The molecule has 0 bridgehead atoms. The van der Waals surface area contributed by atoms with Gasteiger partial charge in [-0.15, -0.1) is 0 Å². The molecule has 0 aliphatic heterocycles. The van der Waals surface area contributed by atoms with Crippen LogP contribution < -0.4 is 9.47 Å². The van der Waals surface area contributed by atoms with Crippen molar-refractivity contribution in [1.82, 2.24) is 4.98 Å². The van der Waals surface area contributed by atoms with Crippen LogP contribution >= 0.6 is 0 Å². The molecule has 1 aliphatic rings. The van der Waals surface area contributed by atoms with Crippen LogP contribution in [0.5, 0.6) is 11.5 Å². The number of ketones is 1. The quantitative estimate of drug-likeness (QED) is 0.475. The molecule has 1 N–H and O–H groups in total. The number of allylic oxidation sites excluding steroid dienone is 1. The van der Waals surface area contributed by atoms with E-state index in [4.69, 9.17) is 14.6 Å². The van der Waals surface area contributed by atoms with Crippen LogP contribution in [0.1, 0.15) is 57.1 Å². The SMILES string of the molecule is COc1cc(C=CC(=O)C2CCCC2)ncc1OCCCCCC(=O)O. The minimum absolute atomic E-state index is 0.164. The zero-order valence-electron chi connectivity index (χ0n) is 15.3. The van der Waals surface area contributed by atoms with Gasteiger partial charge in [0.25, 0.3) is 0 Å². The first kappa shape index (κ1) is 19.9. The van der Waals surface area contributed by atoms with E-state index in [0.29, 0.717) is 30.2 Å². The minimum atomic E-state index is -0.771. The largest absolute Gasteiger partial charge is 0.493 e. The van der Waals surface area contributed by atoms with Gasteiger partial charge in [-0.25, -0.2) is 0 Å². The fourth-order valence-electron chi connectivity index (χ4n) is 3.05. The summed E-state index contributed by atoms with van der Waals surface area (Å²) in [6.07, 6.45) is 11.6. The van der Waals surface area contributed by atoms with E-state index in [1.54, 1.807) is 31.5 Å². The first-order chi connectivity index (χ1) is 12.6. The Kier molecular flexibility index (Phi) is 8.12. The van der Waals surface area contributed by atoms with E-state index in [2.05, 4.69) is 4.98 Å². The molecule has 1 aliphatic carbocycles. The van der Waals surface area contributed by atoms with Crippen LogP contribution in [0.25, 0.3) is 6.08 Å². The van der Waals surface area contributed by atoms with Crippen LogP contribution in [-0.4, -0.2) is 35.6 Å². The van der Waals surface area contributed by atoms with Gasteiger partial charge in [-0.3, -0.25) is 14.6 Å². The number of carbonyl (C=O) groups excluding carboxylic acids is 1.